The van der Waals surface area contributed by atoms with Gasteiger partial charge in [-0.3, -0.25) is 9.88 Å². The topological polar surface area (TPSA) is 16.1 Å². The van der Waals surface area contributed by atoms with Crippen LogP contribution < -0.4 is 0 Å². The molecule has 0 radical (unpaired) electrons. The fourth-order valence-electron chi connectivity index (χ4n) is 2.76. The number of hydrogen-bond donors (Lipinski definition) is 0. The predicted molar refractivity (Wildman–Crippen MR) is 72.0 cm³/mol. The Bertz CT molecular complexity index is 360. The highest BCUT2D eigenvalue weighted by atomic mass is 15.2. The number of rotatable bonds is 3. The lowest BCUT2D eigenvalue weighted by Crippen LogP contribution is -2.36. The maximum atomic E-state index is 4.71. The summed E-state index contributed by atoms with van der Waals surface area (Å²) in [5, 5.41) is 0. The van der Waals surface area contributed by atoms with Crippen molar-refractivity contribution in [2.24, 2.45) is 5.92 Å². The maximum Gasteiger partial charge on any atom is 0.0578 e. The van der Waals surface area contributed by atoms with Crippen LogP contribution in [0.15, 0.2) is 18.2 Å². The molecule has 0 amide bonds. The van der Waals surface area contributed by atoms with Crippen molar-refractivity contribution >= 4 is 0 Å². The first kappa shape index (κ1) is 12.6. The van der Waals surface area contributed by atoms with Crippen LogP contribution >= 0.6 is 0 Å². The molecule has 2 heteroatoms. The molecule has 1 atom stereocenters. The molecule has 0 bridgehead atoms. The van der Waals surface area contributed by atoms with Gasteiger partial charge in [-0.15, -0.1) is 0 Å². The van der Waals surface area contributed by atoms with Gasteiger partial charge >= 0.3 is 0 Å². The molecule has 94 valence electrons. The Hall–Kier alpha value is -0.890. The van der Waals surface area contributed by atoms with E-state index in [4.69, 9.17) is 4.98 Å². The van der Waals surface area contributed by atoms with E-state index in [1.54, 1.807) is 0 Å². The summed E-state index contributed by atoms with van der Waals surface area (Å²) < 4.78 is 0. The SMILES string of the molecule is Cc1cccc([C@H]2CCCCN2CC(C)C)n1. The van der Waals surface area contributed by atoms with Crippen molar-refractivity contribution in [1.82, 2.24) is 9.88 Å². The van der Waals surface area contributed by atoms with Crippen molar-refractivity contribution in [2.45, 2.75) is 46.1 Å². The first-order chi connectivity index (χ1) is 8.16. The van der Waals surface area contributed by atoms with E-state index in [2.05, 4.69) is 43.9 Å². The molecule has 1 aromatic heterocycles. The zero-order valence-corrected chi connectivity index (χ0v) is 11.3. The second-order valence-corrected chi connectivity index (χ2v) is 5.60. The van der Waals surface area contributed by atoms with Crippen LogP contribution in [0.1, 0.15) is 50.5 Å². The Balaban J connectivity index is 2.15. The molecule has 0 saturated carbocycles. The van der Waals surface area contributed by atoms with Crippen molar-refractivity contribution in [3.05, 3.63) is 29.6 Å². The summed E-state index contributed by atoms with van der Waals surface area (Å²) in [4.78, 5) is 7.33. The van der Waals surface area contributed by atoms with Gasteiger partial charge in [-0.25, -0.2) is 0 Å². The third kappa shape index (κ3) is 3.29. The highest BCUT2D eigenvalue weighted by Crippen LogP contribution is 2.30. The van der Waals surface area contributed by atoms with Crippen LogP contribution in [0, 0.1) is 12.8 Å². The predicted octanol–water partition coefficient (Wildman–Crippen LogP) is 3.57. The number of piperidine rings is 1. The van der Waals surface area contributed by atoms with Crippen LogP contribution in [0.25, 0.3) is 0 Å². The average molecular weight is 232 g/mol. The van der Waals surface area contributed by atoms with E-state index in [1.165, 1.54) is 38.0 Å². The fraction of sp³-hybridized carbons (Fsp3) is 0.667. The molecule has 0 spiro atoms. The monoisotopic (exact) mass is 232 g/mol. The molecule has 0 aliphatic carbocycles. The molecule has 2 rings (SSSR count). The lowest BCUT2D eigenvalue weighted by atomic mass is 9.97. The quantitative estimate of drug-likeness (QED) is 0.792. The first-order valence-electron chi connectivity index (χ1n) is 6.84. The summed E-state index contributed by atoms with van der Waals surface area (Å²) >= 11 is 0. The summed E-state index contributed by atoms with van der Waals surface area (Å²) in [5.74, 6) is 0.736. The number of hydrogen-bond acceptors (Lipinski definition) is 2. The highest BCUT2D eigenvalue weighted by Gasteiger charge is 2.25. The fourth-order valence-corrected chi connectivity index (χ4v) is 2.76. The lowest BCUT2D eigenvalue weighted by Gasteiger charge is -2.36. The summed E-state index contributed by atoms with van der Waals surface area (Å²) in [6.45, 7) is 9.11. The van der Waals surface area contributed by atoms with Crippen LogP contribution in [-0.4, -0.2) is 23.0 Å². The average Bonchev–Trinajstić information content (AvgIpc) is 2.29. The largest absolute Gasteiger partial charge is 0.295 e. The smallest absolute Gasteiger partial charge is 0.0578 e. The molecule has 1 aromatic rings. The van der Waals surface area contributed by atoms with Gasteiger partial charge in [-0.2, -0.15) is 0 Å². The second kappa shape index (κ2) is 5.63. The third-order valence-corrected chi connectivity index (χ3v) is 3.46. The van der Waals surface area contributed by atoms with Crippen molar-refractivity contribution in [1.29, 1.82) is 0 Å². The van der Waals surface area contributed by atoms with Gasteiger partial charge in [-0.05, 0) is 44.4 Å². The first-order valence-corrected chi connectivity index (χ1v) is 6.84. The molecule has 2 nitrogen and oxygen atoms in total. The van der Waals surface area contributed by atoms with Gasteiger partial charge < -0.3 is 0 Å². The van der Waals surface area contributed by atoms with Gasteiger partial charge in [0.05, 0.1) is 11.7 Å². The van der Waals surface area contributed by atoms with Gasteiger partial charge in [0.2, 0.25) is 0 Å². The molecule has 1 aliphatic rings. The van der Waals surface area contributed by atoms with E-state index in [9.17, 15) is 0 Å². The van der Waals surface area contributed by atoms with E-state index < -0.39 is 0 Å². The molecule has 1 saturated heterocycles. The van der Waals surface area contributed by atoms with Crippen molar-refractivity contribution in [2.75, 3.05) is 13.1 Å². The summed E-state index contributed by atoms with van der Waals surface area (Å²) in [7, 11) is 0. The molecule has 0 unspecified atom stereocenters. The molecule has 1 fully saturated rings. The molecule has 0 aromatic carbocycles. The lowest BCUT2D eigenvalue weighted by molar-refractivity contribution is 0.129. The number of aryl methyl sites for hydroxylation is 1. The normalized spacial score (nSPS) is 22.0. The van der Waals surface area contributed by atoms with E-state index in [0.717, 1.165) is 11.6 Å². The minimum atomic E-state index is 0.547. The maximum absolute atomic E-state index is 4.71. The van der Waals surface area contributed by atoms with Crippen LogP contribution in [0.5, 0.6) is 0 Å². The molecule has 2 heterocycles. The van der Waals surface area contributed by atoms with E-state index in [0.29, 0.717) is 6.04 Å². The Morgan fingerprint density at radius 3 is 2.88 bits per heavy atom. The zero-order chi connectivity index (χ0) is 12.3. The Kier molecular flexibility index (Phi) is 4.16. The van der Waals surface area contributed by atoms with Crippen LogP contribution in [0.4, 0.5) is 0 Å². The van der Waals surface area contributed by atoms with Crippen LogP contribution in [0.3, 0.4) is 0 Å². The molecular formula is C15H24N2. The Morgan fingerprint density at radius 1 is 1.35 bits per heavy atom. The van der Waals surface area contributed by atoms with Crippen LogP contribution in [-0.2, 0) is 0 Å². The Labute approximate surface area is 105 Å². The minimum absolute atomic E-state index is 0.547. The molecular weight excluding hydrogens is 208 g/mol. The Morgan fingerprint density at radius 2 is 2.18 bits per heavy atom. The van der Waals surface area contributed by atoms with E-state index in [1.807, 2.05) is 0 Å². The zero-order valence-electron chi connectivity index (χ0n) is 11.3. The summed E-state index contributed by atoms with van der Waals surface area (Å²) in [6, 6.07) is 6.96. The molecule has 0 N–H and O–H groups in total. The van der Waals surface area contributed by atoms with Crippen molar-refractivity contribution < 1.29 is 0 Å². The van der Waals surface area contributed by atoms with Crippen molar-refractivity contribution in [3.8, 4) is 0 Å². The summed E-state index contributed by atoms with van der Waals surface area (Å²) in [5.41, 5.74) is 2.41. The second-order valence-electron chi connectivity index (χ2n) is 5.60. The minimum Gasteiger partial charge on any atom is -0.295 e. The number of likely N-dealkylation sites (tertiary alicyclic amines) is 1. The van der Waals surface area contributed by atoms with Gasteiger partial charge in [0.25, 0.3) is 0 Å². The number of aromatic nitrogens is 1. The van der Waals surface area contributed by atoms with Gasteiger partial charge in [0, 0.05) is 12.2 Å². The van der Waals surface area contributed by atoms with Crippen molar-refractivity contribution in [3.63, 3.8) is 0 Å². The highest BCUT2D eigenvalue weighted by molar-refractivity contribution is 5.14. The van der Waals surface area contributed by atoms with Gasteiger partial charge in [0.1, 0.15) is 0 Å². The standard InChI is InChI=1S/C15H24N2/c1-12(2)11-17-10-5-4-9-15(17)14-8-6-7-13(3)16-14/h6-8,12,15H,4-5,9-11H2,1-3H3/t15-/m1/s1. The number of pyridine rings is 1. The van der Waals surface area contributed by atoms with Gasteiger partial charge in [0.15, 0.2) is 0 Å². The molecule has 17 heavy (non-hydrogen) atoms. The number of nitrogens with zero attached hydrogens (tertiary/aromatic N) is 2. The van der Waals surface area contributed by atoms with Crippen LogP contribution in [0.2, 0.25) is 0 Å². The third-order valence-electron chi connectivity index (χ3n) is 3.46. The van der Waals surface area contributed by atoms with Gasteiger partial charge in [-0.1, -0.05) is 26.3 Å². The summed E-state index contributed by atoms with van der Waals surface area (Å²) in [6.07, 6.45) is 3.95. The van der Waals surface area contributed by atoms with E-state index >= 15 is 0 Å². The molecule has 1 aliphatic heterocycles. The van der Waals surface area contributed by atoms with E-state index in [-0.39, 0.29) is 0 Å².